The molecule has 0 spiro atoms. The van der Waals surface area contributed by atoms with Crippen molar-refractivity contribution in [2.24, 2.45) is 0 Å². The molecule has 3 nitrogen and oxygen atoms in total. The van der Waals surface area contributed by atoms with Gasteiger partial charge in [0, 0.05) is 0 Å². The molecule has 0 aliphatic heterocycles. The van der Waals surface area contributed by atoms with E-state index < -0.39 is 11.2 Å². The first-order chi connectivity index (χ1) is 5.74. The van der Waals surface area contributed by atoms with Crippen LogP contribution in [0.1, 0.15) is 13.3 Å². The van der Waals surface area contributed by atoms with Crippen molar-refractivity contribution in [2.45, 2.75) is 18.2 Å². The molecule has 12 heavy (non-hydrogen) atoms. The Morgan fingerprint density at radius 1 is 1.50 bits per heavy atom. The van der Waals surface area contributed by atoms with Gasteiger partial charge < -0.3 is 4.55 Å². The van der Waals surface area contributed by atoms with Crippen LogP contribution in [0.5, 0.6) is 0 Å². The van der Waals surface area contributed by atoms with Crippen LogP contribution in [0.15, 0.2) is 17.3 Å². The summed E-state index contributed by atoms with van der Waals surface area (Å²) >= 11 is 4.50. The van der Waals surface area contributed by atoms with Gasteiger partial charge in [0.2, 0.25) is 5.28 Å². The van der Waals surface area contributed by atoms with E-state index in [0.29, 0.717) is 10.6 Å². The maximum Gasteiger partial charge on any atom is 0.222 e. The van der Waals surface area contributed by atoms with Crippen molar-refractivity contribution in [1.82, 2.24) is 9.97 Å². The molecule has 1 unspecified atom stereocenters. The van der Waals surface area contributed by atoms with Crippen LogP contribution >= 0.6 is 11.6 Å². The first-order valence-corrected chi connectivity index (χ1v) is 5.29. The zero-order chi connectivity index (χ0) is 8.97. The molecule has 0 N–H and O–H groups in total. The maximum atomic E-state index is 11.3. The van der Waals surface area contributed by atoms with E-state index in [1.54, 1.807) is 0 Å². The summed E-state index contributed by atoms with van der Waals surface area (Å²) in [6, 6.07) is 0. The normalized spacial score (nSPS) is 12.9. The summed E-state index contributed by atoms with van der Waals surface area (Å²) in [4.78, 5) is 8.13. The second kappa shape index (κ2) is 4.64. The molecule has 1 aromatic heterocycles. The summed E-state index contributed by atoms with van der Waals surface area (Å²) in [6.45, 7) is 1.98. The second-order valence-electron chi connectivity index (χ2n) is 2.24. The summed E-state index contributed by atoms with van der Waals surface area (Å²) < 4.78 is 11.3. The highest BCUT2D eigenvalue weighted by atomic mass is 35.5. The van der Waals surface area contributed by atoms with Crippen LogP contribution < -0.4 is 0 Å². The average molecular weight is 205 g/mol. The van der Waals surface area contributed by atoms with Gasteiger partial charge in [0.25, 0.3) is 0 Å². The van der Waals surface area contributed by atoms with Crippen molar-refractivity contribution in [3.05, 3.63) is 17.7 Å². The third kappa shape index (κ3) is 2.62. The highest BCUT2D eigenvalue weighted by Gasteiger charge is 2.09. The summed E-state index contributed by atoms with van der Waals surface area (Å²) in [6.07, 6.45) is 3.89. The lowest BCUT2D eigenvalue weighted by Crippen LogP contribution is -2.06. The summed E-state index contributed by atoms with van der Waals surface area (Å²) in [5, 5.41) is 0.187. The molecule has 0 aromatic carbocycles. The summed E-state index contributed by atoms with van der Waals surface area (Å²) in [5.41, 5.74) is 0. The number of rotatable bonds is 3. The van der Waals surface area contributed by atoms with E-state index in [0.717, 1.165) is 6.42 Å². The third-order valence-electron chi connectivity index (χ3n) is 1.25. The lowest BCUT2D eigenvalue weighted by molar-refractivity contribution is 0.592. The minimum absolute atomic E-state index is 0.187. The largest absolute Gasteiger partial charge is 0.611 e. The van der Waals surface area contributed by atoms with Crippen molar-refractivity contribution in [3.63, 3.8) is 0 Å². The predicted octanol–water partition coefficient (Wildman–Crippen LogP) is 1.65. The van der Waals surface area contributed by atoms with Crippen LogP contribution in [0.25, 0.3) is 0 Å². The topological polar surface area (TPSA) is 48.8 Å². The smallest absolute Gasteiger partial charge is 0.222 e. The molecule has 1 rings (SSSR count). The van der Waals surface area contributed by atoms with E-state index in [-0.39, 0.29) is 5.28 Å². The number of aromatic nitrogens is 2. The minimum Gasteiger partial charge on any atom is -0.611 e. The molecule has 1 atom stereocenters. The lowest BCUT2D eigenvalue weighted by Gasteiger charge is -2.07. The van der Waals surface area contributed by atoms with Gasteiger partial charge in [-0.3, -0.25) is 0 Å². The molecule has 5 heteroatoms. The lowest BCUT2D eigenvalue weighted by atomic mass is 10.6. The molecule has 0 bridgehead atoms. The molecule has 1 aromatic rings. The highest BCUT2D eigenvalue weighted by molar-refractivity contribution is 7.91. The van der Waals surface area contributed by atoms with E-state index in [1.165, 1.54) is 12.4 Å². The molecule has 0 aliphatic rings. The van der Waals surface area contributed by atoms with E-state index in [2.05, 4.69) is 9.97 Å². The van der Waals surface area contributed by atoms with Gasteiger partial charge in [0.05, 0.1) is 12.4 Å². The summed E-state index contributed by atoms with van der Waals surface area (Å²) in [5.74, 6) is 0.644. The third-order valence-corrected chi connectivity index (χ3v) is 2.96. The van der Waals surface area contributed by atoms with Gasteiger partial charge in [0.15, 0.2) is 4.90 Å². The fourth-order valence-corrected chi connectivity index (χ4v) is 1.77. The van der Waals surface area contributed by atoms with Crippen LogP contribution in [0.4, 0.5) is 0 Å². The maximum absolute atomic E-state index is 11.3. The van der Waals surface area contributed by atoms with Gasteiger partial charge in [-0.1, -0.05) is 6.92 Å². The molecular formula is C7H9ClN2OS. The van der Waals surface area contributed by atoms with E-state index >= 15 is 0 Å². The summed E-state index contributed by atoms with van der Waals surface area (Å²) in [7, 11) is 0. The average Bonchev–Trinajstić information content (AvgIpc) is 2.06. The quantitative estimate of drug-likeness (QED) is 0.556. The fraction of sp³-hybridized carbons (Fsp3) is 0.429. The Bertz CT molecular complexity index is 242. The van der Waals surface area contributed by atoms with Crippen molar-refractivity contribution >= 4 is 22.8 Å². The zero-order valence-corrected chi connectivity index (χ0v) is 8.23. The first-order valence-electron chi connectivity index (χ1n) is 3.60. The van der Waals surface area contributed by atoms with E-state index in [1.807, 2.05) is 6.92 Å². The van der Waals surface area contributed by atoms with Gasteiger partial charge in [0.1, 0.15) is 5.75 Å². The van der Waals surface area contributed by atoms with Crippen molar-refractivity contribution in [1.29, 1.82) is 0 Å². The second-order valence-corrected chi connectivity index (χ2v) is 4.15. The Kier molecular flexibility index (Phi) is 3.78. The van der Waals surface area contributed by atoms with E-state index in [9.17, 15) is 4.55 Å². The molecule has 0 aliphatic carbocycles. The van der Waals surface area contributed by atoms with Crippen LogP contribution in [-0.4, -0.2) is 20.3 Å². The van der Waals surface area contributed by atoms with Gasteiger partial charge in [-0.2, -0.15) is 0 Å². The Hall–Kier alpha value is -0.320. The Morgan fingerprint density at radius 3 is 2.58 bits per heavy atom. The zero-order valence-electron chi connectivity index (χ0n) is 6.66. The standard InChI is InChI=1S/C7H9ClN2OS/c1-2-3-12(11)6-4-9-7(8)10-5-6/h4-5H,2-3H2,1H3. The van der Waals surface area contributed by atoms with Crippen LogP contribution in [0.2, 0.25) is 5.28 Å². The predicted molar refractivity (Wildman–Crippen MR) is 48.6 cm³/mol. The van der Waals surface area contributed by atoms with Crippen LogP contribution in [-0.2, 0) is 11.2 Å². The van der Waals surface area contributed by atoms with E-state index in [4.69, 9.17) is 11.6 Å². The molecule has 0 fully saturated rings. The number of hydrogen-bond donors (Lipinski definition) is 0. The molecular weight excluding hydrogens is 196 g/mol. The Labute approximate surface area is 79.4 Å². The van der Waals surface area contributed by atoms with Gasteiger partial charge >= 0.3 is 0 Å². The molecule has 0 amide bonds. The molecule has 1 heterocycles. The van der Waals surface area contributed by atoms with Gasteiger partial charge in [-0.05, 0) is 29.2 Å². The Balaban J connectivity index is 2.68. The van der Waals surface area contributed by atoms with Crippen molar-refractivity contribution < 1.29 is 4.55 Å². The van der Waals surface area contributed by atoms with Crippen LogP contribution in [0.3, 0.4) is 0 Å². The van der Waals surface area contributed by atoms with Crippen LogP contribution in [0, 0.1) is 0 Å². The molecule has 66 valence electrons. The molecule has 0 saturated carbocycles. The van der Waals surface area contributed by atoms with Crippen molar-refractivity contribution in [2.75, 3.05) is 5.75 Å². The number of halogens is 1. The van der Waals surface area contributed by atoms with Gasteiger partial charge in [-0.15, -0.1) is 0 Å². The monoisotopic (exact) mass is 204 g/mol. The first kappa shape index (κ1) is 9.77. The Morgan fingerprint density at radius 2 is 2.08 bits per heavy atom. The van der Waals surface area contributed by atoms with Crippen molar-refractivity contribution in [3.8, 4) is 0 Å². The fourth-order valence-electron chi connectivity index (χ4n) is 0.721. The number of nitrogens with zero attached hydrogens (tertiary/aromatic N) is 2. The minimum atomic E-state index is -0.975. The molecule has 0 radical (unpaired) electrons. The SMILES string of the molecule is CCC[S+]([O-])c1cnc(Cl)nc1. The highest BCUT2D eigenvalue weighted by Crippen LogP contribution is 2.10. The number of hydrogen-bond acceptors (Lipinski definition) is 3. The van der Waals surface area contributed by atoms with Gasteiger partial charge in [-0.25, -0.2) is 9.97 Å². The molecule has 0 saturated heterocycles.